The predicted octanol–water partition coefficient (Wildman–Crippen LogP) is 2.75. The summed E-state index contributed by atoms with van der Waals surface area (Å²) in [7, 11) is -3.73. The Bertz CT molecular complexity index is 965. The molecular weight excluding hydrogens is 366 g/mol. The van der Waals surface area contributed by atoms with Gasteiger partial charge >= 0.3 is 0 Å². The molecule has 0 aliphatic carbocycles. The summed E-state index contributed by atoms with van der Waals surface area (Å²) in [5.41, 5.74) is 1.01. The molecule has 142 valence electrons. The minimum absolute atomic E-state index is 0.0794. The molecule has 0 saturated carbocycles. The minimum atomic E-state index is -3.73. The maximum absolute atomic E-state index is 12.5. The molecule has 0 aliphatic heterocycles. The van der Waals surface area contributed by atoms with Gasteiger partial charge in [0.25, 0.3) is 0 Å². The number of hydrogen-bond donors (Lipinski definition) is 1. The van der Waals surface area contributed by atoms with Gasteiger partial charge in [0.05, 0.1) is 35.4 Å². The first-order valence-corrected chi connectivity index (χ1v) is 10.1. The standard InChI is InChI=1S/C19H21N3O4S/c1-14(2)26-18-10-5-4-9-17(18)21-19(23)13-22(27(3,24)25)16-8-6-7-15(11-16)12-20/h4-11,14H,13H2,1-3H3,(H,21,23). The molecule has 27 heavy (non-hydrogen) atoms. The molecule has 0 unspecified atom stereocenters. The van der Waals surface area contributed by atoms with Crippen molar-refractivity contribution in [3.8, 4) is 11.8 Å². The number of carbonyl (C=O) groups excluding carboxylic acids is 1. The summed E-state index contributed by atoms with van der Waals surface area (Å²) >= 11 is 0. The number of rotatable bonds is 7. The summed E-state index contributed by atoms with van der Waals surface area (Å²) in [6.07, 6.45) is 0.930. The van der Waals surface area contributed by atoms with Gasteiger partial charge in [-0.05, 0) is 44.2 Å². The van der Waals surface area contributed by atoms with Gasteiger partial charge in [0.1, 0.15) is 12.3 Å². The molecule has 0 spiro atoms. The van der Waals surface area contributed by atoms with Crippen molar-refractivity contribution in [2.75, 3.05) is 22.4 Å². The lowest BCUT2D eigenvalue weighted by atomic mass is 10.2. The number of anilines is 2. The Morgan fingerprint density at radius 2 is 1.93 bits per heavy atom. The van der Waals surface area contributed by atoms with E-state index in [2.05, 4.69) is 5.32 Å². The lowest BCUT2D eigenvalue weighted by molar-refractivity contribution is -0.114. The second kappa shape index (κ2) is 8.56. The van der Waals surface area contributed by atoms with E-state index in [1.165, 1.54) is 12.1 Å². The van der Waals surface area contributed by atoms with Crippen LogP contribution in [0.4, 0.5) is 11.4 Å². The van der Waals surface area contributed by atoms with Gasteiger partial charge in [-0.3, -0.25) is 9.10 Å². The van der Waals surface area contributed by atoms with E-state index < -0.39 is 22.5 Å². The lowest BCUT2D eigenvalue weighted by Gasteiger charge is -2.22. The number of carbonyl (C=O) groups is 1. The van der Waals surface area contributed by atoms with Crippen molar-refractivity contribution in [2.24, 2.45) is 0 Å². The molecule has 0 atom stereocenters. The van der Waals surface area contributed by atoms with Crippen molar-refractivity contribution in [3.05, 3.63) is 54.1 Å². The van der Waals surface area contributed by atoms with Crippen LogP contribution < -0.4 is 14.4 Å². The number of hydrogen-bond acceptors (Lipinski definition) is 5. The van der Waals surface area contributed by atoms with Crippen LogP contribution in [0.25, 0.3) is 0 Å². The van der Waals surface area contributed by atoms with E-state index in [1.807, 2.05) is 19.9 Å². The Hall–Kier alpha value is -3.05. The molecule has 7 nitrogen and oxygen atoms in total. The monoisotopic (exact) mass is 387 g/mol. The second-order valence-corrected chi connectivity index (χ2v) is 8.05. The third kappa shape index (κ3) is 5.72. The van der Waals surface area contributed by atoms with E-state index >= 15 is 0 Å². The van der Waals surface area contributed by atoms with Crippen LogP contribution in [-0.4, -0.2) is 33.2 Å². The fourth-order valence-electron chi connectivity index (χ4n) is 2.38. The first kappa shape index (κ1) is 20.3. The van der Waals surface area contributed by atoms with Gasteiger partial charge < -0.3 is 10.1 Å². The van der Waals surface area contributed by atoms with Crippen molar-refractivity contribution in [1.29, 1.82) is 5.26 Å². The largest absolute Gasteiger partial charge is 0.489 e. The van der Waals surface area contributed by atoms with Gasteiger partial charge in [-0.25, -0.2) is 8.42 Å². The molecule has 0 saturated heterocycles. The molecule has 0 fully saturated rings. The Balaban J connectivity index is 2.24. The zero-order valence-corrected chi connectivity index (χ0v) is 16.2. The highest BCUT2D eigenvalue weighted by Gasteiger charge is 2.22. The zero-order valence-electron chi connectivity index (χ0n) is 15.3. The van der Waals surface area contributed by atoms with Crippen molar-refractivity contribution in [1.82, 2.24) is 0 Å². The Labute approximate surface area is 159 Å². The van der Waals surface area contributed by atoms with Gasteiger partial charge in [-0.15, -0.1) is 0 Å². The van der Waals surface area contributed by atoms with E-state index in [0.29, 0.717) is 17.0 Å². The van der Waals surface area contributed by atoms with Crippen LogP contribution in [0.5, 0.6) is 5.75 Å². The topological polar surface area (TPSA) is 99.5 Å². The molecule has 2 aromatic rings. The Morgan fingerprint density at radius 3 is 2.56 bits per heavy atom. The third-order valence-corrected chi connectivity index (χ3v) is 4.62. The Kier molecular flexibility index (Phi) is 6.42. The highest BCUT2D eigenvalue weighted by atomic mass is 32.2. The molecule has 8 heteroatoms. The summed E-state index contributed by atoms with van der Waals surface area (Å²) in [6, 6.07) is 15.0. The van der Waals surface area contributed by atoms with Gasteiger partial charge in [0.15, 0.2) is 0 Å². The molecule has 0 bridgehead atoms. The second-order valence-electron chi connectivity index (χ2n) is 6.14. The first-order chi connectivity index (χ1) is 12.7. The number of nitriles is 1. The number of nitrogens with zero attached hydrogens (tertiary/aromatic N) is 2. The molecule has 0 aliphatic rings. The van der Waals surface area contributed by atoms with Gasteiger partial charge in [0, 0.05) is 0 Å². The van der Waals surface area contributed by atoms with Crippen molar-refractivity contribution >= 4 is 27.3 Å². The van der Waals surface area contributed by atoms with Crippen LogP contribution in [0.1, 0.15) is 19.4 Å². The minimum Gasteiger partial charge on any atom is -0.489 e. The smallest absolute Gasteiger partial charge is 0.245 e. The van der Waals surface area contributed by atoms with Crippen molar-refractivity contribution in [3.63, 3.8) is 0 Å². The molecule has 1 amide bonds. The summed E-state index contributed by atoms with van der Waals surface area (Å²) < 4.78 is 30.9. The fraction of sp³-hybridized carbons (Fsp3) is 0.263. The molecule has 2 aromatic carbocycles. The quantitative estimate of drug-likeness (QED) is 0.787. The maximum Gasteiger partial charge on any atom is 0.245 e. The van der Waals surface area contributed by atoms with Crippen LogP contribution >= 0.6 is 0 Å². The van der Waals surface area contributed by atoms with Gasteiger partial charge in [-0.2, -0.15) is 5.26 Å². The number of nitrogens with one attached hydrogen (secondary N) is 1. The van der Waals surface area contributed by atoms with Gasteiger partial charge in [0.2, 0.25) is 15.9 Å². The SMILES string of the molecule is CC(C)Oc1ccccc1NC(=O)CN(c1cccc(C#N)c1)S(C)(=O)=O. The Morgan fingerprint density at radius 1 is 1.22 bits per heavy atom. The molecule has 0 aromatic heterocycles. The summed E-state index contributed by atoms with van der Waals surface area (Å²) in [5, 5.41) is 11.7. The van der Waals surface area contributed by atoms with Crippen molar-refractivity contribution < 1.29 is 17.9 Å². The number of para-hydroxylation sites is 2. The van der Waals surface area contributed by atoms with Crippen molar-refractivity contribution in [2.45, 2.75) is 20.0 Å². The van der Waals surface area contributed by atoms with Crippen LogP contribution in [0.2, 0.25) is 0 Å². The highest BCUT2D eigenvalue weighted by Crippen LogP contribution is 2.25. The highest BCUT2D eigenvalue weighted by molar-refractivity contribution is 7.92. The lowest BCUT2D eigenvalue weighted by Crippen LogP contribution is -2.37. The van der Waals surface area contributed by atoms with E-state index in [4.69, 9.17) is 10.00 Å². The number of sulfonamides is 1. The summed E-state index contributed by atoms with van der Waals surface area (Å²) in [6.45, 7) is 3.31. The van der Waals surface area contributed by atoms with E-state index in [9.17, 15) is 13.2 Å². The van der Waals surface area contributed by atoms with Crippen LogP contribution in [0.15, 0.2) is 48.5 Å². The predicted molar refractivity (Wildman–Crippen MR) is 104 cm³/mol. The first-order valence-electron chi connectivity index (χ1n) is 8.24. The molecule has 0 radical (unpaired) electrons. The average molecular weight is 387 g/mol. The van der Waals surface area contributed by atoms with Gasteiger partial charge in [-0.1, -0.05) is 18.2 Å². The van der Waals surface area contributed by atoms with E-state index in [1.54, 1.807) is 36.4 Å². The molecule has 1 N–H and O–H groups in total. The molecular formula is C19H21N3O4S. The van der Waals surface area contributed by atoms with Crippen LogP contribution in [0, 0.1) is 11.3 Å². The number of amides is 1. The maximum atomic E-state index is 12.5. The molecule has 0 heterocycles. The summed E-state index contributed by atoms with van der Waals surface area (Å²) in [4.78, 5) is 12.5. The fourth-order valence-corrected chi connectivity index (χ4v) is 3.23. The average Bonchev–Trinajstić information content (AvgIpc) is 2.60. The number of benzene rings is 2. The van der Waals surface area contributed by atoms with Crippen LogP contribution in [0.3, 0.4) is 0 Å². The third-order valence-electron chi connectivity index (χ3n) is 3.47. The normalized spacial score (nSPS) is 10.9. The zero-order chi connectivity index (χ0) is 20.0. The number of ether oxygens (including phenoxy) is 1. The summed E-state index contributed by atoms with van der Waals surface area (Å²) in [5.74, 6) is -0.0270. The molecule has 2 rings (SSSR count). The van der Waals surface area contributed by atoms with E-state index in [0.717, 1.165) is 10.6 Å². The van der Waals surface area contributed by atoms with E-state index in [-0.39, 0.29) is 11.8 Å². The van der Waals surface area contributed by atoms with Crippen LogP contribution in [-0.2, 0) is 14.8 Å².